The minimum absolute atomic E-state index is 0.0319. The molecule has 0 aliphatic heterocycles. The first kappa shape index (κ1) is 14.5. The molecule has 0 aliphatic carbocycles. The Morgan fingerprint density at radius 1 is 1.25 bits per heavy atom. The van der Waals surface area contributed by atoms with E-state index in [2.05, 4.69) is 10.2 Å². The van der Waals surface area contributed by atoms with Crippen LogP contribution >= 0.6 is 0 Å². The molecular weight excluding hydrogens is 258 g/mol. The van der Waals surface area contributed by atoms with Gasteiger partial charge in [-0.3, -0.25) is 9.89 Å². The van der Waals surface area contributed by atoms with E-state index in [1.807, 2.05) is 18.2 Å². The largest absolute Gasteiger partial charge is 0.383 e. The van der Waals surface area contributed by atoms with Crippen molar-refractivity contribution >= 4 is 16.8 Å². The number of aromatic nitrogens is 2. The van der Waals surface area contributed by atoms with Crippen LogP contribution in [0.25, 0.3) is 10.9 Å². The van der Waals surface area contributed by atoms with Gasteiger partial charge in [-0.1, -0.05) is 6.07 Å². The summed E-state index contributed by atoms with van der Waals surface area (Å²) in [7, 11) is 3.24. The van der Waals surface area contributed by atoms with Crippen LogP contribution in [0.4, 0.5) is 0 Å². The highest BCUT2D eigenvalue weighted by molar-refractivity contribution is 5.97. The lowest BCUT2D eigenvalue weighted by Gasteiger charge is -2.22. The molecule has 0 spiro atoms. The Kier molecular flexibility index (Phi) is 5.09. The van der Waals surface area contributed by atoms with Gasteiger partial charge < -0.3 is 14.4 Å². The minimum atomic E-state index is -0.0319. The number of benzene rings is 1. The van der Waals surface area contributed by atoms with Crippen LogP contribution in [0.1, 0.15) is 10.4 Å². The van der Waals surface area contributed by atoms with E-state index in [1.165, 1.54) is 0 Å². The predicted octanol–water partition coefficient (Wildman–Crippen LogP) is 1.30. The Hall–Kier alpha value is -1.92. The van der Waals surface area contributed by atoms with Crippen LogP contribution in [0.2, 0.25) is 0 Å². The van der Waals surface area contributed by atoms with Gasteiger partial charge in [0, 0.05) is 38.3 Å². The number of aromatic amines is 1. The van der Waals surface area contributed by atoms with E-state index in [0.717, 1.165) is 10.9 Å². The molecule has 0 fully saturated rings. The molecule has 1 aromatic heterocycles. The number of rotatable bonds is 7. The second-order valence-electron chi connectivity index (χ2n) is 4.45. The number of hydrogen-bond acceptors (Lipinski definition) is 4. The third-order valence-electron chi connectivity index (χ3n) is 3.11. The maximum atomic E-state index is 12.5. The van der Waals surface area contributed by atoms with Gasteiger partial charge in [-0.25, -0.2) is 0 Å². The Morgan fingerprint density at radius 2 is 1.95 bits per heavy atom. The SMILES string of the molecule is COCCN(CCOC)C(=O)c1ccc2cn[nH]c2c1. The van der Waals surface area contributed by atoms with Gasteiger partial charge in [-0.2, -0.15) is 5.10 Å². The highest BCUT2D eigenvalue weighted by Gasteiger charge is 2.15. The molecule has 2 rings (SSSR count). The molecule has 0 saturated carbocycles. The molecule has 6 nitrogen and oxygen atoms in total. The predicted molar refractivity (Wildman–Crippen MR) is 75.7 cm³/mol. The first-order valence-corrected chi connectivity index (χ1v) is 6.46. The first-order chi connectivity index (χ1) is 9.76. The molecule has 1 aromatic carbocycles. The molecule has 0 radical (unpaired) electrons. The third kappa shape index (κ3) is 3.34. The van der Waals surface area contributed by atoms with Crippen molar-refractivity contribution in [3.8, 4) is 0 Å². The van der Waals surface area contributed by atoms with Crippen molar-refractivity contribution < 1.29 is 14.3 Å². The Bertz CT molecular complexity index is 560. The molecule has 108 valence electrons. The zero-order chi connectivity index (χ0) is 14.4. The fraction of sp³-hybridized carbons (Fsp3) is 0.429. The van der Waals surface area contributed by atoms with Crippen LogP contribution < -0.4 is 0 Å². The molecule has 0 unspecified atom stereocenters. The van der Waals surface area contributed by atoms with Gasteiger partial charge in [0.05, 0.1) is 24.9 Å². The summed E-state index contributed by atoms with van der Waals surface area (Å²) in [5.41, 5.74) is 1.49. The van der Waals surface area contributed by atoms with Gasteiger partial charge in [-0.15, -0.1) is 0 Å². The lowest BCUT2D eigenvalue weighted by molar-refractivity contribution is 0.0627. The van der Waals surface area contributed by atoms with Crippen LogP contribution in [0.3, 0.4) is 0 Å². The number of ether oxygens (including phenoxy) is 2. The van der Waals surface area contributed by atoms with E-state index in [9.17, 15) is 4.79 Å². The van der Waals surface area contributed by atoms with Gasteiger partial charge >= 0.3 is 0 Å². The molecule has 0 saturated heterocycles. The number of carbonyl (C=O) groups is 1. The van der Waals surface area contributed by atoms with E-state index < -0.39 is 0 Å². The molecule has 1 N–H and O–H groups in total. The van der Waals surface area contributed by atoms with Gasteiger partial charge in [0.2, 0.25) is 0 Å². The molecule has 2 aromatic rings. The quantitative estimate of drug-likeness (QED) is 0.828. The van der Waals surface area contributed by atoms with Crippen molar-refractivity contribution in [3.63, 3.8) is 0 Å². The Morgan fingerprint density at radius 3 is 2.60 bits per heavy atom. The highest BCUT2D eigenvalue weighted by Crippen LogP contribution is 2.14. The average molecular weight is 277 g/mol. The van der Waals surface area contributed by atoms with Gasteiger partial charge in [-0.05, 0) is 12.1 Å². The molecule has 0 atom stereocenters. The third-order valence-corrected chi connectivity index (χ3v) is 3.11. The number of fused-ring (bicyclic) bond motifs is 1. The van der Waals surface area contributed by atoms with Crippen molar-refractivity contribution in [2.75, 3.05) is 40.5 Å². The Balaban J connectivity index is 2.15. The number of nitrogens with one attached hydrogen (secondary N) is 1. The molecule has 1 amide bonds. The van der Waals surface area contributed by atoms with Crippen LogP contribution in [0.5, 0.6) is 0 Å². The van der Waals surface area contributed by atoms with Crippen LogP contribution in [0.15, 0.2) is 24.4 Å². The summed E-state index contributed by atoms with van der Waals surface area (Å²) in [4.78, 5) is 14.2. The number of hydrogen-bond donors (Lipinski definition) is 1. The van der Waals surface area contributed by atoms with Crippen molar-refractivity contribution in [2.45, 2.75) is 0 Å². The fourth-order valence-electron chi connectivity index (χ4n) is 1.97. The fourth-order valence-corrected chi connectivity index (χ4v) is 1.97. The molecular formula is C14H19N3O3. The van der Waals surface area contributed by atoms with E-state index in [-0.39, 0.29) is 5.91 Å². The second kappa shape index (κ2) is 7.02. The summed E-state index contributed by atoms with van der Waals surface area (Å²) >= 11 is 0. The summed E-state index contributed by atoms with van der Waals surface area (Å²) < 4.78 is 10.1. The number of methoxy groups -OCH3 is 2. The van der Waals surface area contributed by atoms with E-state index in [1.54, 1.807) is 25.3 Å². The van der Waals surface area contributed by atoms with E-state index in [4.69, 9.17) is 9.47 Å². The highest BCUT2D eigenvalue weighted by atomic mass is 16.5. The van der Waals surface area contributed by atoms with Crippen LogP contribution in [-0.4, -0.2) is 61.5 Å². The first-order valence-electron chi connectivity index (χ1n) is 6.46. The maximum absolute atomic E-state index is 12.5. The van der Waals surface area contributed by atoms with Gasteiger partial charge in [0.1, 0.15) is 0 Å². The number of carbonyl (C=O) groups excluding carboxylic acids is 1. The lowest BCUT2D eigenvalue weighted by atomic mass is 10.1. The summed E-state index contributed by atoms with van der Waals surface area (Å²) in [5, 5.41) is 7.81. The number of H-pyrrole nitrogens is 1. The average Bonchev–Trinajstić information content (AvgIpc) is 2.94. The number of nitrogens with zero attached hydrogens (tertiary/aromatic N) is 2. The van der Waals surface area contributed by atoms with Gasteiger partial charge in [0.25, 0.3) is 5.91 Å². The van der Waals surface area contributed by atoms with Gasteiger partial charge in [0.15, 0.2) is 0 Å². The van der Waals surface area contributed by atoms with Crippen molar-refractivity contribution in [2.24, 2.45) is 0 Å². The summed E-state index contributed by atoms with van der Waals surface area (Å²) in [6, 6.07) is 5.51. The summed E-state index contributed by atoms with van der Waals surface area (Å²) in [6.45, 7) is 2.09. The molecule has 0 bridgehead atoms. The zero-order valence-corrected chi connectivity index (χ0v) is 11.8. The Labute approximate surface area is 117 Å². The standard InChI is InChI=1S/C14H19N3O3/c1-19-7-5-17(6-8-20-2)14(18)11-3-4-12-10-15-16-13(12)9-11/h3-4,9-10H,5-8H2,1-2H3,(H,15,16). The summed E-state index contributed by atoms with van der Waals surface area (Å²) in [6.07, 6.45) is 1.73. The second-order valence-corrected chi connectivity index (χ2v) is 4.45. The zero-order valence-electron chi connectivity index (χ0n) is 11.8. The van der Waals surface area contributed by atoms with E-state index in [0.29, 0.717) is 31.9 Å². The minimum Gasteiger partial charge on any atom is -0.383 e. The summed E-state index contributed by atoms with van der Waals surface area (Å²) in [5.74, 6) is -0.0319. The van der Waals surface area contributed by atoms with E-state index >= 15 is 0 Å². The monoisotopic (exact) mass is 277 g/mol. The number of amides is 1. The smallest absolute Gasteiger partial charge is 0.254 e. The molecule has 1 heterocycles. The lowest BCUT2D eigenvalue weighted by Crippen LogP contribution is -2.36. The maximum Gasteiger partial charge on any atom is 0.254 e. The normalized spacial score (nSPS) is 10.9. The molecule has 0 aliphatic rings. The van der Waals surface area contributed by atoms with Crippen molar-refractivity contribution in [1.82, 2.24) is 15.1 Å². The topological polar surface area (TPSA) is 67.5 Å². The van der Waals surface area contributed by atoms with Crippen molar-refractivity contribution in [3.05, 3.63) is 30.0 Å². The molecule has 6 heteroatoms. The van der Waals surface area contributed by atoms with Crippen LogP contribution in [0, 0.1) is 0 Å². The molecule has 20 heavy (non-hydrogen) atoms. The van der Waals surface area contributed by atoms with Crippen LogP contribution in [-0.2, 0) is 9.47 Å². The van der Waals surface area contributed by atoms with Crippen molar-refractivity contribution in [1.29, 1.82) is 0 Å².